The molecule has 1 fully saturated rings. The Morgan fingerprint density at radius 3 is 2.42 bits per heavy atom. The van der Waals surface area contributed by atoms with Gasteiger partial charge in [-0.3, -0.25) is 0 Å². The van der Waals surface area contributed by atoms with Gasteiger partial charge < -0.3 is 5.73 Å². The maximum absolute atomic E-state index is 5.41. The molecule has 1 rings (SSSR count). The summed E-state index contributed by atoms with van der Waals surface area (Å²) in [5.74, 6) is 1.84. The van der Waals surface area contributed by atoms with Crippen molar-refractivity contribution in [1.82, 2.24) is 0 Å². The topological polar surface area (TPSA) is 26.0 Å². The molecule has 0 bridgehead atoms. The van der Waals surface area contributed by atoms with Crippen molar-refractivity contribution >= 4 is 0 Å². The normalized spacial score (nSPS) is 31.2. The van der Waals surface area contributed by atoms with Crippen molar-refractivity contribution in [3.63, 3.8) is 0 Å². The van der Waals surface area contributed by atoms with E-state index < -0.39 is 0 Å². The fourth-order valence-corrected chi connectivity index (χ4v) is 2.06. The predicted molar refractivity (Wildman–Crippen MR) is 53.9 cm³/mol. The average Bonchev–Trinajstić information content (AvgIpc) is 2.15. The summed E-state index contributed by atoms with van der Waals surface area (Å²) in [5, 5.41) is 0. The Bertz CT molecular complexity index is 132. The first kappa shape index (κ1) is 9.79. The molecule has 1 aliphatic rings. The number of allylic oxidation sites excluding steroid dienone is 1. The summed E-state index contributed by atoms with van der Waals surface area (Å²) in [7, 11) is 0. The molecule has 0 aromatic carbocycles. The van der Waals surface area contributed by atoms with Crippen molar-refractivity contribution in [1.29, 1.82) is 0 Å². The van der Waals surface area contributed by atoms with Gasteiger partial charge in [-0.15, -0.1) is 0 Å². The number of hydrogen-bond acceptors (Lipinski definition) is 1. The summed E-state index contributed by atoms with van der Waals surface area (Å²) >= 11 is 0. The predicted octanol–water partition coefficient (Wildman–Crippen LogP) is 2.72. The molecule has 0 unspecified atom stereocenters. The van der Waals surface area contributed by atoms with Gasteiger partial charge in [-0.05, 0) is 37.5 Å². The summed E-state index contributed by atoms with van der Waals surface area (Å²) in [6.07, 6.45) is 11.4. The lowest BCUT2D eigenvalue weighted by molar-refractivity contribution is 0.303. The van der Waals surface area contributed by atoms with E-state index >= 15 is 0 Å². The zero-order chi connectivity index (χ0) is 8.81. The molecule has 1 nitrogen and oxygen atoms in total. The maximum atomic E-state index is 5.41. The van der Waals surface area contributed by atoms with Gasteiger partial charge in [0.05, 0.1) is 0 Å². The molecule has 0 radical (unpaired) electrons. The third-order valence-corrected chi connectivity index (χ3v) is 3.01. The summed E-state index contributed by atoms with van der Waals surface area (Å²) in [6.45, 7) is 3.01. The summed E-state index contributed by atoms with van der Waals surface area (Å²) in [4.78, 5) is 0. The van der Waals surface area contributed by atoms with E-state index in [-0.39, 0.29) is 0 Å². The van der Waals surface area contributed by atoms with Gasteiger partial charge >= 0.3 is 0 Å². The molecule has 0 saturated heterocycles. The molecule has 1 heteroatoms. The Morgan fingerprint density at radius 1 is 1.25 bits per heavy atom. The first-order valence-corrected chi connectivity index (χ1v) is 5.23. The lowest BCUT2D eigenvalue weighted by Gasteiger charge is -2.25. The van der Waals surface area contributed by atoms with Crippen LogP contribution in [0.4, 0.5) is 0 Å². The molecule has 2 N–H and O–H groups in total. The minimum Gasteiger partial charge on any atom is -0.327 e. The van der Waals surface area contributed by atoms with E-state index in [1.54, 1.807) is 0 Å². The number of rotatable bonds is 3. The van der Waals surface area contributed by atoms with Crippen LogP contribution >= 0.6 is 0 Å². The molecule has 0 heterocycles. The van der Waals surface area contributed by atoms with E-state index in [2.05, 4.69) is 19.1 Å². The molecule has 0 aromatic heterocycles. The first-order valence-electron chi connectivity index (χ1n) is 5.23. The Labute approximate surface area is 76.0 Å². The highest BCUT2D eigenvalue weighted by Gasteiger charge is 2.17. The van der Waals surface area contributed by atoms with Gasteiger partial charge in [-0.25, -0.2) is 0 Å². The molecule has 12 heavy (non-hydrogen) atoms. The van der Waals surface area contributed by atoms with Gasteiger partial charge in [0.2, 0.25) is 0 Å². The van der Waals surface area contributed by atoms with Gasteiger partial charge in [0, 0.05) is 6.54 Å². The Kier molecular flexibility index (Phi) is 4.37. The summed E-state index contributed by atoms with van der Waals surface area (Å²) in [5.41, 5.74) is 5.41. The lowest BCUT2D eigenvalue weighted by Crippen LogP contribution is -2.12. The monoisotopic (exact) mass is 167 g/mol. The van der Waals surface area contributed by atoms with E-state index in [0.29, 0.717) is 6.54 Å². The van der Waals surface area contributed by atoms with Crippen molar-refractivity contribution in [2.75, 3.05) is 6.54 Å². The molecule has 1 saturated carbocycles. The van der Waals surface area contributed by atoms with Gasteiger partial charge in [-0.1, -0.05) is 25.5 Å². The zero-order valence-corrected chi connectivity index (χ0v) is 8.13. The lowest BCUT2D eigenvalue weighted by atomic mass is 9.81. The van der Waals surface area contributed by atoms with Gasteiger partial charge in [0.25, 0.3) is 0 Å². The minimum atomic E-state index is 0.702. The molecule has 0 aliphatic heterocycles. The van der Waals surface area contributed by atoms with Crippen LogP contribution in [0.15, 0.2) is 12.2 Å². The third kappa shape index (κ3) is 2.98. The Hall–Kier alpha value is -0.300. The molecule has 70 valence electrons. The van der Waals surface area contributed by atoms with Crippen LogP contribution in [0.25, 0.3) is 0 Å². The molecule has 1 aliphatic carbocycles. The second kappa shape index (κ2) is 5.36. The van der Waals surface area contributed by atoms with Crippen molar-refractivity contribution in [3.8, 4) is 0 Å². The van der Waals surface area contributed by atoms with Crippen molar-refractivity contribution in [2.24, 2.45) is 17.6 Å². The Morgan fingerprint density at radius 2 is 1.92 bits per heavy atom. The van der Waals surface area contributed by atoms with Crippen LogP contribution in [-0.4, -0.2) is 6.54 Å². The van der Waals surface area contributed by atoms with E-state index in [9.17, 15) is 0 Å². The Balaban J connectivity index is 2.21. The SMILES string of the molecule is CCC1CCC(/C=C/CN)CC1. The van der Waals surface area contributed by atoms with Gasteiger partial charge in [0.15, 0.2) is 0 Å². The quantitative estimate of drug-likeness (QED) is 0.643. The third-order valence-electron chi connectivity index (χ3n) is 3.01. The van der Waals surface area contributed by atoms with Crippen molar-refractivity contribution in [2.45, 2.75) is 39.0 Å². The number of hydrogen-bond donors (Lipinski definition) is 1. The fourth-order valence-electron chi connectivity index (χ4n) is 2.06. The van der Waals surface area contributed by atoms with Gasteiger partial charge in [-0.2, -0.15) is 0 Å². The standard InChI is InChI=1S/C11H21N/c1-2-10-5-7-11(8-6-10)4-3-9-12/h3-4,10-11H,2,5-9,12H2,1H3/b4-3+. The van der Waals surface area contributed by atoms with Crippen LogP contribution in [0.1, 0.15) is 39.0 Å². The van der Waals surface area contributed by atoms with Crippen LogP contribution in [0.3, 0.4) is 0 Å². The van der Waals surface area contributed by atoms with Crippen molar-refractivity contribution in [3.05, 3.63) is 12.2 Å². The highest BCUT2D eigenvalue weighted by atomic mass is 14.5. The molecular formula is C11H21N. The van der Waals surface area contributed by atoms with Crippen LogP contribution in [0.2, 0.25) is 0 Å². The molecular weight excluding hydrogens is 146 g/mol. The largest absolute Gasteiger partial charge is 0.327 e. The van der Waals surface area contributed by atoms with Gasteiger partial charge in [0.1, 0.15) is 0 Å². The van der Waals surface area contributed by atoms with E-state index in [1.165, 1.54) is 32.1 Å². The molecule has 0 amide bonds. The zero-order valence-electron chi connectivity index (χ0n) is 8.13. The summed E-state index contributed by atoms with van der Waals surface area (Å²) < 4.78 is 0. The van der Waals surface area contributed by atoms with Crippen LogP contribution in [0.5, 0.6) is 0 Å². The highest BCUT2D eigenvalue weighted by molar-refractivity contribution is 4.91. The van der Waals surface area contributed by atoms with Crippen LogP contribution < -0.4 is 5.73 Å². The molecule has 0 aromatic rings. The highest BCUT2D eigenvalue weighted by Crippen LogP contribution is 2.30. The first-order chi connectivity index (χ1) is 5.86. The number of nitrogens with two attached hydrogens (primary N) is 1. The average molecular weight is 167 g/mol. The minimum absolute atomic E-state index is 0.702. The van der Waals surface area contributed by atoms with E-state index in [1.807, 2.05) is 0 Å². The molecule has 0 atom stereocenters. The summed E-state index contributed by atoms with van der Waals surface area (Å²) in [6, 6.07) is 0. The fraction of sp³-hybridized carbons (Fsp3) is 0.818. The molecule has 0 spiro atoms. The van der Waals surface area contributed by atoms with Crippen LogP contribution in [0, 0.1) is 11.8 Å². The second-order valence-corrected chi connectivity index (χ2v) is 3.85. The second-order valence-electron chi connectivity index (χ2n) is 3.85. The smallest absolute Gasteiger partial charge is 0.0106 e. The van der Waals surface area contributed by atoms with Crippen LogP contribution in [-0.2, 0) is 0 Å². The van der Waals surface area contributed by atoms with Crippen molar-refractivity contribution < 1.29 is 0 Å². The van der Waals surface area contributed by atoms with E-state index in [0.717, 1.165) is 11.8 Å². The maximum Gasteiger partial charge on any atom is 0.0106 e. The van der Waals surface area contributed by atoms with E-state index in [4.69, 9.17) is 5.73 Å².